The topological polar surface area (TPSA) is 27.3 Å². The van der Waals surface area contributed by atoms with Crippen LogP contribution in [-0.4, -0.2) is 22.2 Å². The van der Waals surface area contributed by atoms with Crippen molar-refractivity contribution < 1.29 is 0 Å². The number of nitrogens with one attached hydrogen (secondary N) is 2. The van der Waals surface area contributed by atoms with Crippen LogP contribution in [0.4, 0.5) is 5.69 Å². The molecule has 20 heavy (non-hydrogen) atoms. The number of benzene rings is 1. The molecule has 3 nitrogen and oxygen atoms in total. The molecule has 1 fully saturated rings. The average Bonchev–Trinajstić information content (AvgIpc) is 2.38. The van der Waals surface area contributed by atoms with Crippen LogP contribution in [0.3, 0.4) is 0 Å². The summed E-state index contributed by atoms with van der Waals surface area (Å²) in [4.78, 5) is 0. The fourth-order valence-corrected chi connectivity index (χ4v) is 3.00. The highest BCUT2D eigenvalue weighted by molar-refractivity contribution is 7.80. The molecule has 0 bridgehead atoms. The number of hydrogen-bond donors (Lipinski definition) is 2. The summed E-state index contributed by atoms with van der Waals surface area (Å²) in [6, 6.07) is 7.42. The molecule has 2 N–H and O–H groups in total. The van der Waals surface area contributed by atoms with Crippen molar-refractivity contribution in [2.45, 2.75) is 59.0 Å². The minimum Gasteiger partial charge on any atom is -0.331 e. The molecule has 0 spiro atoms. The minimum atomic E-state index is 0.525. The van der Waals surface area contributed by atoms with E-state index in [-0.39, 0.29) is 0 Å². The number of piperidine rings is 1. The lowest BCUT2D eigenvalue weighted by Crippen LogP contribution is -2.55. The second-order valence-electron chi connectivity index (χ2n) is 5.92. The van der Waals surface area contributed by atoms with Gasteiger partial charge in [-0.3, -0.25) is 5.43 Å². The molecule has 0 radical (unpaired) electrons. The molecule has 110 valence electrons. The lowest BCUT2D eigenvalue weighted by atomic mass is 10.00. The van der Waals surface area contributed by atoms with E-state index < -0.39 is 0 Å². The van der Waals surface area contributed by atoms with Crippen LogP contribution in [0.2, 0.25) is 0 Å². The fraction of sp³-hybridized carbons (Fsp3) is 0.562. The van der Waals surface area contributed by atoms with Gasteiger partial charge in [0.2, 0.25) is 0 Å². The number of rotatable bonds is 2. The van der Waals surface area contributed by atoms with E-state index in [1.165, 1.54) is 30.4 Å². The molecule has 2 atom stereocenters. The maximum absolute atomic E-state index is 5.46. The van der Waals surface area contributed by atoms with Crippen molar-refractivity contribution in [3.05, 3.63) is 29.3 Å². The first-order valence-corrected chi connectivity index (χ1v) is 7.81. The van der Waals surface area contributed by atoms with Crippen LogP contribution >= 0.6 is 12.2 Å². The number of hydrogen-bond acceptors (Lipinski definition) is 2. The molecule has 0 aromatic heterocycles. The maximum Gasteiger partial charge on any atom is 0.185 e. The molecule has 1 aliphatic rings. The SMILES string of the molecule is Cc1ccc(C)c(NC(=S)NN2C(C)CCCC2C)c1. The van der Waals surface area contributed by atoms with Gasteiger partial charge in [0.1, 0.15) is 0 Å². The van der Waals surface area contributed by atoms with Crippen molar-refractivity contribution in [2.24, 2.45) is 0 Å². The molecule has 1 aliphatic heterocycles. The second-order valence-corrected chi connectivity index (χ2v) is 6.33. The summed E-state index contributed by atoms with van der Waals surface area (Å²) in [6.45, 7) is 8.69. The Kier molecular flexibility index (Phi) is 5.00. The highest BCUT2D eigenvalue weighted by Crippen LogP contribution is 2.21. The Hall–Kier alpha value is -1.13. The highest BCUT2D eigenvalue weighted by atomic mass is 32.1. The third kappa shape index (κ3) is 3.70. The Morgan fingerprint density at radius 1 is 1.20 bits per heavy atom. The van der Waals surface area contributed by atoms with E-state index in [0.29, 0.717) is 17.2 Å². The quantitative estimate of drug-likeness (QED) is 0.811. The van der Waals surface area contributed by atoms with E-state index >= 15 is 0 Å². The minimum absolute atomic E-state index is 0.525. The summed E-state index contributed by atoms with van der Waals surface area (Å²) in [5, 5.41) is 6.28. The smallest absolute Gasteiger partial charge is 0.185 e. The van der Waals surface area contributed by atoms with Gasteiger partial charge in [-0.2, -0.15) is 0 Å². The zero-order chi connectivity index (χ0) is 14.7. The maximum atomic E-state index is 5.46. The highest BCUT2D eigenvalue weighted by Gasteiger charge is 2.25. The molecule has 4 heteroatoms. The normalized spacial score (nSPS) is 23.4. The van der Waals surface area contributed by atoms with Gasteiger partial charge < -0.3 is 5.32 Å². The third-order valence-electron chi connectivity index (χ3n) is 4.07. The molecule has 1 saturated heterocycles. The monoisotopic (exact) mass is 291 g/mol. The zero-order valence-corrected chi connectivity index (χ0v) is 13.7. The van der Waals surface area contributed by atoms with Crippen molar-refractivity contribution in [3.63, 3.8) is 0 Å². The average molecular weight is 291 g/mol. The summed E-state index contributed by atoms with van der Waals surface area (Å²) in [7, 11) is 0. The number of nitrogens with zero attached hydrogens (tertiary/aromatic N) is 1. The van der Waals surface area contributed by atoms with Gasteiger partial charge in [-0.25, -0.2) is 5.01 Å². The lowest BCUT2D eigenvalue weighted by Gasteiger charge is -2.39. The first kappa shape index (κ1) is 15.3. The van der Waals surface area contributed by atoms with Gasteiger partial charge in [-0.05, 0) is 69.9 Å². The molecule has 1 heterocycles. The van der Waals surface area contributed by atoms with Gasteiger partial charge in [0.25, 0.3) is 0 Å². The van der Waals surface area contributed by atoms with Crippen LogP contribution in [0.25, 0.3) is 0 Å². The van der Waals surface area contributed by atoms with Crippen molar-refractivity contribution in [1.29, 1.82) is 0 Å². The van der Waals surface area contributed by atoms with Crippen LogP contribution in [0, 0.1) is 13.8 Å². The summed E-state index contributed by atoms with van der Waals surface area (Å²) >= 11 is 5.46. The van der Waals surface area contributed by atoms with Gasteiger partial charge in [-0.1, -0.05) is 18.6 Å². The molecule has 0 aliphatic carbocycles. The van der Waals surface area contributed by atoms with Crippen molar-refractivity contribution in [2.75, 3.05) is 5.32 Å². The van der Waals surface area contributed by atoms with Crippen LogP contribution in [0.15, 0.2) is 18.2 Å². The van der Waals surface area contributed by atoms with Gasteiger partial charge in [-0.15, -0.1) is 0 Å². The number of anilines is 1. The fourth-order valence-electron chi connectivity index (χ4n) is 2.78. The van der Waals surface area contributed by atoms with E-state index in [1.807, 2.05) is 0 Å². The van der Waals surface area contributed by atoms with Crippen molar-refractivity contribution >= 4 is 23.0 Å². The Morgan fingerprint density at radius 3 is 2.50 bits per heavy atom. The third-order valence-corrected chi connectivity index (χ3v) is 4.26. The number of thiocarbonyl (C=S) groups is 1. The summed E-state index contributed by atoms with van der Waals surface area (Å²) in [5.41, 5.74) is 6.89. The predicted molar refractivity (Wildman–Crippen MR) is 89.9 cm³/mol. The molecule has 0 amide bonds. The predicted octanol–water partition coefficient (Wildman–Crippen LogP) is 3.77. The summed E-state index contributed by atoms with van der Waals surface area (Å²) < 4.78 is 0. The Labute approximate surface area is 127 Å². The first-order chi connectivity index (χ1) is 9.47. The van der Waals surface area contributed by atoms with Crippen LogP contribution in [0.1, 0.15) is 44.2 Å². The second kappa shape index (κ2) is 6.55. The van der Waals surface area contributed by atoms with E-state index in [4.69, 9.17) is 12.2 Å². The Balaban J connectivity index is 1.99. The largest absolute Gasteiger partial charge is 0.331 e. The standard InChI is InChI=1S/C16H25N3S/c1-11-8-9-12(2)15(10-11)17-16(20)18-19-13(3)6-5-7-14(19)4/h8-10,13-14H,5-7H2,1-4H3,(H2,17,18,20). The summed E-state index contributed by atoms with van der Waals surface area (Å²) in [6.07, 6.45) is 3.75. The zero-order valence-electron chi connectivity index (χ0n) is 12.9. The summed E-state index contributed by atoms with van der Waals surface area (Å²) in [5.74, 6) is 0. The van der Waals surface area contributed by atoms with Gasteiger partial charge in [0, 0.05) is 17.8 Å². The number of hydrazine groups is 1. The molecule has 0 saturated carbocycles. The molecular weight excluding hydrogens is 266 g/mol. The molecule has 1 aromatic rings. The van der Waals surface area contributed by atoms with E-state index in [0.717, 1.165) is 5.69 Å². The van der Waals surface area contributed by atoms with Gasteiger partial charge >= 0.3 is 0 Å². The molecular formula is C16H25N3S. The van der Waals surface area contributed by atoms with Crippen LogP contribution < -0.4 is 10.7 Å². The van der Waals surface area contributed by atoms with E-state index in [1.54, 1.807) is 0 Å². The van der Waals surface area contributed by atoms with Crippen LogP contribution in [0.5, 0.6) is 0 Å². The van der Waals surface area contributed by atoms with E-state index in [2.05, 4.69) is 61.6 Å². The number of aryl methyl sites for hydroxylation is 2. The molecule has 2 unspecified atom stereocenters. The Morgan fingerprint density at radius 2 is 1.85 bits per heavy atom. The van der Waals surface area contributed by atoms with Gasteiger partial charge in [0.15, 0.2) is 5.11 Å². The van der Waals surface area contributed by atoms with Gasteiger partial charge in [0.05, 0.1) is 0 Å². The van der Waals surface area contributed by atoms with E-state index in [9.17, 15) is 0 Å². The molecule has 2 rings (SSSR count). The Bertz CT molecular complexity index is 477. The van der Waals surface area contributed by atoms with Crippen LogP contribution in [-0.2, 0) is 0 Å². The molecule has 1 aromatic carbocycles. The van der Waals surface area contributed by atoms with Crippen molar-refractivity contribution in [1.82, 2.24) is 10.4 Å². The van der Waals surface area contributed by atoms with Crippen molar-refractivity contribution in [3.8, 4) is 0 Å². The lowest BCUT2D eigenvalue weighted by molar-refractivity contribution is 0.0750. The first-order valence-electron chi connectivity index (χ1n) is 7.40.